The zero-order chi connectivity index (χ0) is 23.9. The smallest absolute Gasteiger partial charge is 0.239 e. The van der Waals surface area contributed by atoms with Crippen molar-refractivity contribution in [3.05, 3.63) is 0 Å². The third-order valence-corrected chi connectivity index (χ3v) is 5.24. The fourth-order valence-corrected chi connectivity index (χ4v) is 3.16. The van der Waals surface area contributed by atoms with Crippen LogP contribution in [0.3, 0.4) is 0 Å². The highest BCUT2D eigenvalue weighted by Crippen LogP contribution is 2.01. The van der Waals surface area contributed by atoms with E-state index in [9.17, 15) is 24.0 Å². The number of hydrogen-bond acceptors (Lipinski definition) is 8. The molecule has 0 aromatic heterocycles. The Hall–Kier alpha value is -1.99. The van der Waals surface area contributed by atoms with Gasteiger partial charge in [0, 0.05) is 68.7 Å². The summed E-state index contributed by atoms with van der Waals surface area (Å²) >= 11 is 3.20. The highest BCUT2D eigenvalue weighted by atomic mass is 32.2. The molecule has 0 aromatic carbocycles. The molecular formula is C20H44N6O5S2. The number of nitrogens with one attached hydrogen (secondary N) is 5. The van der Waals surface area contributed by atoms with E-state index in [4.69, 9.17) is 5.84 Å². The fraction of sp³-hybridized carbons (Fsp3) is 0.750. The first-order valence-corrected chi connectivity index (χ1v) is 12.3. The third-order valence-electron chi connectivity index (χ3n) is 3.27. The van der Waals surface area contributed by atoms with Crippen LogP contribution in [0.1, 0.15) is 61.3 Å². The normalized spacial score (nSPS) is 8.97. The molecule has 0 unspecified atom stereocenters. The maximum Gasteiger partial charge on any atom is 0.239 e. The van der Waals surface area contributed by atoms with Crippen molar-refractivity contribution in [2.24, 2.45) is 5.84 Å². The zero-order valence-electron chi connectivity index (χ0n) is 18.5. The topological polar surface area (TPSA) is 172 Å². The predicted molar refractivity (Wildman–Crippen MR) is 138 cm³/mol. The SMILES string of the molecule is C.C.CCC(=O)NCCSCCC(=O)NN.CCC(=O)NCCSCCC(=O)NNC(C)=O. The molecule has 11 nitrogen and oxygen atoms in total. The van der Waals surface area contributed by atoms with E-state index in [0.717, 1.165) is 17.3 Å². The van der Waals surface area contributed by atoms with Gasteiger partial charge >= 0.3 is 0 Å². The van der Waals surface area contributed by atoms with E-state index >= 15 is 0 Å². The van der Waals surface area contributed by atoms with Gasteiger partial charge in [-0.3, -0.25) is 40.3 Å². The standard InChI is InChI=1S/C10H19N3O3S.C8H17N3O2S.2CH4/c1-3-9(15)11-5-7-17-6-4-10(16)13-12-8(2)14;1-2-7(12)10-4-6-14-5-3-8(13)11-9;;/h3-7H2,1-2H3,(H,11,15)(H,12,14)(H,13,16);2-6,9H2,1H3,(H,10,12)(H,11,13);2*1H4. The lowest BCUT2D eigenvalue weighted by Crippen LogP contribution is -2.40. The molecule has 0 aliphatic carbocycles. The van der Waals surface area contributed by atoms with E-state index in [0.29, 0.717) is 44.5 Å². The largest absolute Gasteiger partial charge is 0.355 e. The van der Waals surface area contributed by atoms with Gasteiger partial charge in [0.05, 0.1) is 0 Å². The Labute approximate surface area is 207 Å². The minimum absolute atomic E-state index is 0. The summed E-state index contributed by atoms with van der Waals surface area (Å²) in [4.78, 5) is 54.0. The Bertz CT molecular complexity index is 533. The van der Waals surface area contributed by atoms with Crippen molar-refractivity contribution in [1.29, 1.82) is 0 Å². The number of carbonyl (C=O) groups excluding carboxylic acids is 5. The Morgan fingerprint density at radius 2 is 1.09 bits per heavy atom. The van der Waals surface area contributed by atoms with Gasteiger partial charge in [0.2, 0.25) is 29.5 Å². The molecule has 0 atom stereocenters. The predicted octanol–water partition coefficient (Wildman–Crippen LogP) is 0.701. The van der Waals surface area contributed by atoms with E-state index in [-0.39, 0.29) is 44.4 Å². The summed E-state index contributed by atoms with van der Waals surface area (Å²) in [6, 6.07) is 0. The van der Waals surface area contributed by atoms with E-state index in [2.05, 4.69) is 26.9 Å². The van der Waals surface area contributed by atoms with Gasteiger partial charge in [0.1, 0.15) is 0 Å². The molecule has 0 aliphatic rings. The number of amides is 5. The quantitative estimate of drug-likeness (QED) is 0.0854. The first-order valence-electron chi connectivity index (χ1n) is 10.00. The van der Waals surface area contributed by atoms with Gasteiger partial charge in [-0.1, -0.05) is 28.7 Å². The second-order valence-electron chi connectivity index (χ2n) is 5.93. The molecule has 0 aromatic rings. The molecule has 0 heterocycles. The van der Waals surface area contributed by atoms with Crippen LogP contribution in [-0.2, 0) is 24.0 Å². The molecule has 0 saturated carbocycles. The van der Waals surface area contributed by atoms with E-state index in [1.165, 1.54) is 6.92 Å². The van der Waals surface area contributed by atoms with Crippen molar-refractivity contribution in [3.8, 4) is 0 Å². The first kappa shape index (κ1) is 38.3. The van der Waals surface area contributed by atoms with Gasteiger partial charge in [-0.25, -0.2) is 5.84 Å². The van der Waals surface area contributed by atoms with Crippen molar-refractivity contribution >= 4 is 53.1 Å². The minimum atomic E-state index is -0.298. The van der Waals surface area contributed by atoms with Gasteiger partial charge in [-0.15, -0.1) is 0 Å². The van der Waals surface area contributed by atoms with Crippen molar-refractivity contribution in [2.45, 2.75) is 61.3 Å². The molecule has 0 radical (unpaired) electrons. The lowest BCUT2D eigenvalue weighted by molar-refractivity contribution is -0.127. The highest BCUT2D eigenvalue weighted by molar-refractivity contribution is 7.99. The molecule has 0 fully saturated rings. The summed E-state index contributed by atoms with van der Waals surface area (Å²) in [5.41, 5.74) is 6.56. The number of thioether (sulfide) groups is 2. The minimum Gasteiger partial charge on any atom is -0.355 e. The molecule has 196 valence electrons. The van der Waals surface area contributed by atoms with E-state index < -0.39 is 0 Å². The van der Waals surface area contributed by atoms with Crippen LogP contribution in [0.2, 0.25) is 0 Å². The average Bonchev–Trinajstić information content (AvgIpc) is 2.76. The number of hydrazine groups is 2. The van der Waals surface area contributed by atoms with Crippen LogP contribution < -0.4 is 32.8 Å². The van der Waals surface area contributed by atoms with Gasteiger partial charge in [-0.05, 0) is 0 Å². The van der Waals surface area contributed by atoms with Crippen molar-refractivity contribution in [2.75, 3.05) is 36.1 Å². The summed E-state index contributed by atoms with van der Waals surface area (Å²) in [7, 11) is 0. The molecule has 0 saturated heterocycles. The maximum absolute atomic E-state index is 11.1. The number of hydrogen-bond donors (Lipinski definition) is 6. The third kappa shape index (κ3) is 32.3. The van der Waals surface area contributed by atoms with Gasteiger partial charge in [-0.2, -0.15) is 23.5 Å². The van der Waals surface area contributed by atoms with Gasteiger partial charge < -0.3 is 10.6 Å². The molecule has 0 bridgehead atoms. The molecule has 33 heavy (non-hydrogen) atoms. The molecular weight excluding hydrogens is 468 g/mol. The van der Waals surface area contributed by atoms with Crippen LogP contribution in [0.15, 0.2) is 0 Å². The van der Waals surface area contributed by atoms with Gasteiger partial charge in [0.25, 0.3) is 0 Å². The highest BCUT2D eigenvalue weighted by Gasteiger charge is 2.02. The first-order chi connectivity index (χ1) is 14.8. The molecule has 13 heteroatoms. The van der Waals surface area contributed by atoms with Crippen LogP contribution in [0, 0.1) is 0 Å². The Balaban J connectivity index is -0.000000244. The summed E-state index contributed by atoms with van der Waals surface area (Å²) in [6.07, 6.45) is 1.76. The molecule has 5 amide bonds. The van der Waals surface area contributed by atoms with Gasteiger partial charge in [0.15, 0.2) is 0 Å². The van der Waals surface area contributed by atoms with E-state index in [1.54, 1.807) is 30.4 Å². The molecule has 0 rings (SSSR count). The maximum atomic E-state index is 11.1. The summed E-state index contributed by atoms with van der Waals surface area (Å²) in [5, 5.41) is 5.49. The van der Waals surface area contributed by atoms with Crippen LogP contribution in [0.5, 0.6) is 0 Å². The van der Waals surface area contributed by atoms with Crippen molar-refractivity contribution in [1.82, 2.24) is 26.9 Å². The molecule has 0 aliphatic heterocycles. The Morgan fingerprint density at radius 1 is 0.667 bits per heavy atom. The molecule has 7 N–H and O–H groups in total. The summed E-state index contributed by atoms with van der Waals surface area (Å²) in [5.74, 6) is 7.32. The molecule has 0 spiro atoms. The second-order valence-corrected chi connectivity index (χ2v) is 8.38. The average molecular weight is 513 g/mol. The number of carbonyl (C=O) groups is 5. The summed E-state index contributed by atoms with van der Waals surface area (Å²) < 4.78 is 0. The Morgan fingerprint density at radius 3 is 1.45 bits per heavy atom. The van der Waals surface area contributed by atoms with Crippen molar-refractivity contribution in [3.63, 3.8) is 0 Å². The summed E-state index contributed by atoms with van der Waals surface area (Å²) in [6.45, 7) is 6.21. The number of rotatable bonds is 14. The monoisotopic (exact) mass is 512 g/mol. The number of nitrogens with two attached hydrogens (primary N) is 1. The second kappa shape index (κ2) is 28.0. The zero-order valence-corrected chi connectivity index (χ0v) is 20.1. The fourth-order valence-electron chi connectivity index (χ4n) is 1.60. The van der Waals surface area contributed by atoms with E-state index in [1.807, 2.05) is 6.92 Å². The van der Waals surface area contributed by atoms with Crippen LogP contribution >= 0.6 is 23.5 Å². The van der Waals surface area contributed by atoms with Crippen LogP contribution in [0.25, 0.3) is 0 Å². The van der Waals surface area contributed by atoms with Crippen LogP contribution in [-0.4, -0.2) is 65.6 Å². The van der Waals surface area contributed by atoms with Crippen molar-refractivity contribution < 1.29 is 24.0 Å². The lowest BCUT2D eigenvalue weighted by Gasteiger charge is -2.05. The van der Waals surface area contributed by atoms with Crippen LogP contribution in [0.4, 0.5) is 0 Å². The Kier molecular flexibility index (Phi) is 32.5. The lowest BCUT2D eigenvalue weighted by atomic mass is 10.4.